The average molecular weight is 346 g/mol. The fourth-order valence-corrected chi connectivity index (χ4v) is 2.92. The molecule has 100 valence electrons. The van der Waals surface area contributed by atoms with Crippen LogP contribution in [-0.2, 0) is 10.0 Å². The summed E-state index contributed by atoms with van der Waals surface area (Å²) in [6, 6.07) is 9.42. The van der Waals surface area contributed by atoms with Gasteiger partial charge in [0.25, 0.3) is 10.0 Å². The molecule has 2 aromatic carbocycles. The molecule has 4 nitrogen and oxygen atoms in total. The van der Waals surface area contributed by atoms with Crippen LogP contribution in [0.4, 0.5) is 10.1 Å². The fourth-order valence-electron chi connectivity index (χ4n) is 1.45. The second-order valence-corrected chi connectivity index (χ2v) is 6.26. The Morgan fingerprint density at radius 3 is 2.47 bits per heavy atom. The van der Waals surface area contributed by atoms with E-state index in [9.17, 15) is 17.9 Å². The summed E-state index contributed by atoms with van der Waals surface area (Å²) in [6.07, 6.45) is 0. The smallest absolute Gasteiger partial charge is 0.264 e. The number of halogens is 2. The number of aromatic hydroxyl groups is 1. The zero-order valence-corrected chi connectivity index (χ0v) is 11.9. The highest BCUT2D eigenvalue weighted by atomic mass is 79.9. The van der Waals surface area contributed by atoms with Crippen molar-refractivity contribution in [2.24, 2.45) is 0 Å². The Bertz CT molecular complexity index is 719. The van der Waals surface area contributed by atoms with Gasteiger partial charge in [-0.05, 0) is 30.3 Å². The van der Waals surface area contributed by atoms with E-state index in [1.54, 1.807) is 12.1 Å². The lowest BCUT2D eigenvalue weighted by molar-refractivity contribution is 0.477. The summed E-state index contributed by atoms with van der Waals surface area (Å²) in [5, 5.41) is 9.51. The van der Waals surface area contributed by atoms with Crippen LogP contribution in [0.25, 0.3) is 0 Å². The van der Waals surface area contributed by atoms with E-state index >= 15 is 0 Å². The molecule has 0 aliphatic heterocycles. The Balaban J connectivity index is 2.41. The largest absolute Gasteiger partial charge is 0.506 e. The van der Waals surface area contributed by atoms with Gasteiger partial charge in [-0.3, -0.25) is 4.72 Å². The van der Waals surface area contributed by atoms with Gasteiger partial charge in [0.1, 0.15) is 16.5 Å². The fraction of sp³-hybridized carbons (Fsp3) is 0. The number of hydrogen-bond donors (Lipinski definition) is 2. The first-order chi connectivity index (χ1) is 8.90. The lowest BCUT2D eigenvalue weighted by Crippen LogP contribution is -2.14. The van der Waals surface area contributed by atoms with E-state index < -0.39 is 20.7 Å². The molecule has 0 amide bonds. The van der Waals surface area contributed by atoms with Gasteiger partial charge in [0.15, 0.2) is 0 Å². The summed E-state index contributed by atoms with van der Waals surface area (Å²) in [5.41, 5.74) is -0.00943. The number of sulfonamides is 1. The highest BCUT2D eigenvalue weighted by Gasteiger charge is 2.20. The number of hydrogen-bond acceptors (Lipinski definition) is 3. The van der Waals surface area contributed by atoms with Gasteiger partial charge in [-0.2, -0.15) is 0 Å². The van der Waals surface area contributed by atoms with Crippen LogP contribution in [-0.4, -0.2) is 13.5 Å². The molecule has 0 radical (unpaired) electrons. The number of para-hydroxylation sites is 2. The standard InChI is InChI=1S/C12H9BrFNO3S/c13-8-5-6-12(9(14)7-8)19(17,18)15-10-3-1-2-4-11(10)16/h1-7,15-16H. The number of phenols is 1. The molecule has 19 heavy (non-hydrogen) atoms. The first-order valence-electron chi connectivity index (χ1n) is 5.16. The van der Waals surface area contributed by atoms with Crippen LogP contribution in [0.2, 0.25) is 0 Å². The maximum absolute atomic E-state index is 13.6. The van der Waals surface area contributed by atoms with Gasteiger partial charge >= 0.3 is 0 Å². The van der Waals surface area contributed by atoms with E-state index in [0.29, 0.717) is 4.47 Å². The number of nitrogens with one attached hydrogen (secondary N) is 1. The van der Waals surface area contributed by atoms with Crippen LogP contribution in [0.15, 0.2) is 51.8 Å². The van der Waals surface area contributed by atoms with Crippen LogP contribution in [0, 0.1) is 5.82 Å². The molecule has 0 spiro atoms. The first-order valence-corrected chi connectivity index (χ1v) is 7.43. The molecule has 2 aromatic rings. The second-order valence-electron chi connectivity index (χ2n) is 3.70. The monoisotopic (exact) mass is 345 g/mol. The summed E-state index contributed by atoms with van der Waals surface area (Å²) in [6.45, 7) is 0. The molecule has 0 atom stereocenters. The SMILES string of the molecule is O=S(=O)(Nc1ccccc1O)c1ccc(Br)cc1F. The number of benzene rings is 2. The molecule has 0 bridgehead atoms. The van der Waals surface area contributed by atoms with Crippen molar-refractivity contribution >= 4 is 31.6 Å². The van der Waals surface area contributed by atoms with E-state index in [4.69, 9.17) is 0 Å². The Morgan fingerprint density at radius 2 is 1.84 bits per heavy atom. The Hall–Kier alpha value is -1.60. The summed E-state index contributed by atoms with van der Waals surface area (Å²) < 4.78 is 40.2. The molecule has 0 unspecified atom stereocenters. The van der Waals surface area contributed by atoms with Crippen LogP contribution in [0.1, 0.15) is 0 Å². The van der Waals surface area contributed by atoms with Gasteiger partial charge in [-0.15, -0.1) is 0 Å². The maximum atomic E-state index is 13.6. The van der Waals surface area contributed by atoms with Crippen molar-refractivity contribution in [2.45, 2.75) is 4.90 Å². The Labute approximate surface area is 118 Å². The van der Waals surface area contributed by atoms with Crippen LogP contribution in [0.5, 0.6) is 5.75 Å². The summed E-state index contributed by atoms with van der Waals surface area (Å²) in [4.78, 5) is -0.487. The molecule has 0 fully saturated rings. The average Bonchev–Trinajstić information content (AvgIpc) is 2.31. The topological polar surface area (TPSA) is 66.4 Å². The van der Waals surface area contributed by atoms with Crippen molar-refractivity contribution in [3.63, 3.8) is 0 Å². The van der Waals surface area contributed by atoms with Crippen LogP contribution < -0.4 is 4.72 Å². The second kappa shape index (κ2) is 5.18. The number of anilines is 1. The first kappa shape index (κ1) is 13.8. The minimum absolute atomic E-state index is 0.00943. The zero-order chi connectivity index (χ0) is 14.0. The normalized spacial score (nSPS) is 11.3. The van der Waals surface area contributed by atoms with Crippen molar-refractivity contribution in [3.8, 4) is 5.75 Å². The van der Waals surface area contributed by atoms with E-state index in [2.05, 4.69) is 20.7 Å². The zero-order valence-electron chi connectivity index (χ0n) is 9.47. The minimum atomic E-state index is -4.09. The molecule has 2 N–H and O–H groups in total. The molecule has 2 rings (SSSR count). The molecule has 0 saturated heterocycles. The molecule has 7 heteroatoms. The third-order valence-corrected chi connectivity index (χ3v) is 4.22. The highest BCUT2D eigenvalue weighted by molar-refractivity contribution is 9.10. The third-order valence-electron chi connectivity index (χ3n) is 2.33. The molecular formula is C12H9BrFNO3S. The molecule has 0 saturated carbocycles. The van der Waals surface area contributed by atoms with Crippen molar-refractivity contribution in [2.75, 3.05) is 4.72 Å². The minimum Gasteiger partial charge on any atom is -0.506 e. The lowest BCUT2D eigenvalue weighted by Gasteiger charge is -2.10. The third kappa shape index (κ3) is 3.05. The van der Waals surface area contributed by atoms with E-state index in [1.165, 1.54) is 18.2 Å². The van der Waals surface area contributed by atoms with Gasteiger partial charge < -0.3 is 5.11 Å². The van der Waals surface area contributed by atoms with Crippen molar-refractivity contribution in [1.29, 1.82) is 0 Å². The van der Waals surface area contributed by atoms with Gasteiger partial charge in [-0.1, -0.05) is 28.1 Å². The molecular weight excluding hydrogens is 337 g/mol. The van der Waals surface area contributed by atoms with Crippen molar-refractivity contribution < 1.29 is 17.9 Å². The summed E-state index contributed by atoms with van der Waals surface area (Å²) in [7, 11) is -4.09. The van der Waals surface area contributed by atoms with E-state index in [0.717, 1.165) is 12.1 Å². The quantitative estimate of drug-likeness (QED) is 0.840. The van der Waals surface area contributed by atoms with Crippen molar-refractivity contribution in [1.82, 2.24) is 0 Å². The lowest BCUT2D eigenvalue weighted by atomic mass is 10.3. The van der Waals surface area contributed by atoms with Gasteiger partial charge in [-0.25, -0.2) is 12.8 Å². The maximum Gasteiger partial charge on any atom is 0.264 e. The number of phenolic OH excluding ortho intramolecular Hbond substituents is 1. The van der Waals surface area contributed by atoms with E-state index in [1.807, 2.05) is 0 Å². The van der Waals surface area contributed by atoms with Crippen LogP contribution in [0.3, 0.4) is 0 Å². The molecule has 0 aliphatic rings. The molecule has 0 heterocycles. The number of rotatable bonds is 3. The highest BCUT2D eigenvalue weighted by Crippen LogP contribution is 2.26. The van der Waals surface area contributed by atoms with Crippen LogP contribution >= 0.6 is 15.9 Å². The van der Waals surface area contributed by atoms with E-state index in [-0.39, 0.29) is 11.4 Å². The Kier molecular flexibility index (Phi) is 3.77. The van der Waals surface area contributed by atoms with Gasteiger partial charge in [0, 0.05) is 4.47 Å². The summed E-state index contributed by atoms with van der Waals surface area (Å²) in [5.74, 6) is -1.11. The predicted octanol–water partition coefficient (Wildman–Crippen LogP) is 3.09. The molecule has 0 aromatic heterocycles. The summed E-state index contributed by atoms with van der Waals surface area (Å²) >= 11 is 3.05. The van der Waals surface area contributed by atoms with Crippen molar-refractivity contribution in [3.05, 3.63) is 52.8 Å². The Morgan fingerprint density at radius 1 is 1.16 bits per heavy atom. The van der Waals surface area contributed by atoms with Gasteiger partial charge in [0.2, 0.25) is 0 Å². The predicted molar refractivity (Wildman–Crippen MR) is 73.0 cm³/mol. The van der Waals surface area contributed by atoms with Gasteiger partial charge in [0.05, 0.1) is 5.69 Å². The molecule has 0 aliphatic carbocycles.